The van der Waals surface area contributed by atoms with Crippen molar-refractivity contribution < 1.29 is 9.53 Å². The molecule has 188 valence electrons. The van der Waals surface area contributed by atoms with E-state index in [1.54, 1.807) is 0 Å². The van der Waals surface area contributed by atoms with Gasteiger partial charge in [-0.25, -0.2) is 0 Å². The minimum absolute atomic E-state index is 0.0113. The second kappa shape index (κ2) is 8.62. The average molecular weight is 483 g/mol. The first-order chi connectivity index (χ1) is 17.2. The summed E-state index contributed by atoms with van der Waals surface area (Å²) in [5, 5.41) is 9.43. The van der Waals surface area contributed by atoms with Crippen LogP contribution in [-0.4, -0.2) is 18.1 Å². The van der Waals surface area contributed by atoms with Crippen LogP contribution >= 0.6 is 0 Å². The van der Waals surface area contributed by atoms with Crippen LogP contribution < -0.4 is 15.4 Å². The monoisotopic (exact) mass is 482 g/mol. The summed E-state index contributed by atoms with van der Waals surface area (Å²) in [4.78, 5) is 12.7. The summed E-state index contributed by atoms with van der Waals surface area (Å²) in [7, 11) is 0. The predicted octanol–water partition coefficient (Wildman–Crippen LogP) is 7.00. The second-order valence-corrected chi connectivity index (χ2v) is 12.7. The van der Waals surface area contributed by atoms with E-state index < -0.39 is 0 Å². The number of hydrogen-bond donors (Lipinski definition) is 2. The van der Waals surface area contributed by atoms with E-state index >= 15 is 0 Å². The van der Waals surface area contributed by atoms with Gasteiger partial charge in [-0.05, 0) is 91.2 Å². The maximum atomic E-state index is 12.7. The highest BCUT2D eigenvalue weighted by Crippen LogP contribution is 2.66. The Hall–Kier alpha value is -2.85. The number of fused-ring (bicyclic) bond motifs is 1. The molecular weight excluding hydrogens is 444 g/mol. The fourth-order valence-corrected chi connectivity index (χ4v) is 8.53. The Bertz CT molecular complexity index is 1280. The maximum Gasteiger partial charge on any atom is 0.262 e. The first kappa shape index (κ1) is 23.5. The number of rotatable bonds is 7. The summed E-state index contributed by atoms with van der Waals surface area (Å²) in [6.07, 6.45) is 7.99. The average Bonchev–Trinajstić information content (AvgIpc) is 2.81. The summed E-state index contributed by atoms with van der Waals surface area (Å²) in [6, 6.07) is 20.5. The molecule has 4 fully saturated rings. The number of hydrogen-bond acceptors (Lipinski definition) is 3. The maximum absolute atomic E-state index is 12.7. The first-order valence-corrected chi connectivity index (χ1v) is 13.5. The highest BCUT2D eigenvalue weighted by atomic mass is 16.5. The number of carbonyl (C=O) groups is 1. The molecule has 0 saturated heterocycles. The SMILES string of the molecule is Cc1ccc(NC(=O)COc2ccc3ccccc3c2CNC23CC4CC(C)(CC(C)(C4)C2)C3)cc1. The Morgan fingerprint density at radius 3 is 2.36 bits per heavy atom. The van der Waals surface area contributed by atoms with Crippen LogP contribution in [0.3, 0.4) is 0 Å². The largest absolute Gasteiger partial charge is 0.483 e. The quantitative estimate of drug-likeness (QED) is 0.381. The van der Waals surface area contributed by atoms with E-state index in [1.807, 2.05) is 37.3 Å². The number of anilines is 1. The lowest BCUT2D eigenvalue weighted by Gasteiger charge is -2.65. The third-order valence-electron chi connectivity index (χ3n) is 8.96. The molecule has 4 nitrogen and oxygen atoms in total. The molecule has 4 heteroatoms. The summed E-state index contributed by atoms with van der Waals surface area (Å²) in [6.45, 7) is 7.82. The van der Waals surface area contributed by atoms with Gasteiger partial charge in [-0.2, -0.15) is 0 Å². The fourth-order valence-electron chi connectivity index (χ4n) is 8.53. The van der Waals surface area contributed by atoms with Crippen LogP contribution in [0, 0.1) is 23.7 Å². The van der Waals surface area contributed by atoms with Crippen molar-refractivity contribution in [3.05, 3.63) is 71.8 Å². The van der Waals surface area contributed by atoms with Crippen LogP contribution in [0.4, 0.5) is 5.69 Å². The molecule has 0 aliphatic heterocycles. The van der Waals surface area contributed by atoms with Gasteiger partial charge in [-0.3, -0.25) is 4.79 Å². The van der Waals surface area contributed by atoms with Gasteiger partial charge in [0.05, 0.1) is 0 Å². The molecule has 0 radical (unpaired) electrons. The minimum atomic E-state index is -0.146. The van der Waals surface area contributed by atoms with Crippen molar-refractivity contribution in [3.8, 4) is 5.75 Å². The van der Waals surface area contributed by atoms with Crippen molar-refractivity contribution in [1.82, 2.24) is 5.32 Å². The molecule has 36 heavy (non-hydrogen) atoms. The molecule has 3 aromatic carbocycles. The minimum Gasteiger partial charge on any atom is -0.483 e. The summed E-state index contributed by atoms with van der Waals surface area (Å²) in [5.41, 5.74) is 4.25. The zero-order valence-electron chi connectivity index (χ0n) is 21.8. The van der Waals surface area contributed by atoms with Crippen molar-refractivity contribution in [2.45, 2.75) is 71.4 Å². The van der Waals surface area contributed by atoms with Crippen LogP contribution in [-0.2, 0) is 11.3 Å². The van der Waals surface area contributed by atoms with Gasteiger partial charge >= 0.3 is 0 Å². The van der Waals surface area contributed by atoms with E-state index in [1.165, 1.54) is 54.9 Å². The lowest BCUT2D eigenvalue weighted by molar-refractivity contribution is -0.119. The lowest BCUT2D eigenvalue weighted by atomic mass is 9.43. The number of nitrogens with one attached hydrogen (secondary N) is 2. The molecule has 4 saturated carbocycles. The molecule has 4 aliphatic rings. The molecule has 7 rings (SSSR count). The van der Waals surface area contributed by atoms with Gasteiger partial charge in [0.1, 0.15) is 5.75 Å². The first-order valence-electron chi connectivity index (χ1n) is 13.5. The Morgan fingerprint density at radius 2 is 1.64 bits per heavy atom. The molecule has 1 amide bonds. The second-order valence-electron chi connectivity index (χ2n) is 12.7. The lowest BCUT2D eigenvalue weighted by Crippen LogP contribution is -2.63. The molecule has 3 aromatic rings. The Kier molecular flexibility index (Phi) is 5.64. The van der Waals surface area contributed by atoms with E-state index in [0.29, 0.717) is 10.8 Å². The topological polar surface area (TPSA) is 50.4 Å². The van der Waals surface area contributed by atoms with Gasteiger partial charge in [-0.15, -0.1) is 0 Å². The van der Waals surface area contributed by atoms with Crippen molar-refractivity contribution >= 4 is 22.4 Å². The van der Waals surface area contributed by atoms with E-state index in [9.17, 15) is 4.79 Å². The third-order valence-corrected chi connectivity index (χ3v) is 8.96. The molecule has 2 unspecified atom stereocenters. The molecule has 0 spiro atoms. The number of aryl methyl sites for hydroxylation is 1. The summed E-state index contributed by atoms with van der Waals surface area (Å²) < 4.78 is 6.16. The number of carbonyl (C=O) groups excluding carboxylic acids is 1. The van der Waals surface area contributed by atoms with E-state index in [2.05, 4.69) is 54.8 Å². The number of benzene rings is 3. The smallest absolute Gasteiger partial charge is 0.262 e. The molecule has 4 aliphatic carbocycles. The zero-order valence-corrected chi connectivity index (χ0v) is 21.8. The van der Waals surface area contributed by atoms with Crippen molar-refractivity contribution in [3.63, 3.8) is 0 Å². The molecular formula is C32H38N2O2. The van der Waals surface area contributed by atoms with E-state index in [0.717, 1.165) is 29.5 Å². The van der Waals surface area contributed by atoms with Gasteiger partial charge in [0.2, 0.25) is 0 Å². The summed E-state index contributed by atoms with van der Waals surface area (Å²) >= 11 is 0. The molecule has 4 bridgehead atoms. The van der Waals surface area contributed by atoms with Crippen molar-refractivity contribution in [1.29, 1.82) is 0 Å². The van der Waals surface area contributed by atoms with Gasteiger partial charge in [0.15, 0.2) is 6.61 Å². The highest BCUT2D eigenvalue weighted by molar-refractivity contribution is 5.92. The van der Waals surface area contributed by atoms with E-state index in [4.69, 9.17) is 4.74 Å². The Labute approximate surface area is 214 Å². The molecule has 0 heterocycles. The number of amides is 1. The third kappa shape index (κ3) is 4.52. The van der Waals surface area contributed by atoms with E-state index in [-0.39, 0.29) is 18.1 Å². The zero-order chi connectivity index (χ0) is 25.0. The van der Waals surface area contributed by atoms with Crippen LogP contribution in [0.2, 0.25) is 0 Å². The molecule has 2 N–H and O–H groups in total. The number of ether oxygens (including phenoxy) is 1. The Balaban J connectivity index is 1.22. The van der Waals surface area contributed by atoms with Gasteiger partial charge in [0, 0.05) is 23.3 Å². The predicted molar refractivity (Wildman–Crippen MR) is 146 cm³/mol. The van der Waals surface area contributed by atoms with Gasteiger partial charge in [-0.1, -0.05) is 61.9 Å². The van der Waals surface area contributed by atoms with Gasteiger partial charge < -0.3 is 15.4 Å². The van der Waals surface area contributed by atoms with Crippen LogP contribution in [0.15, 0.2) is 60.7 Å². The molecule has 0 aromatic heterocycles. The van der Waals surface area contributed by atoms with Crippen molar-refractivity contribution in [2.24, 2.45) is 16.7 Å². The van der Waals surface area contributed by atoms with Crippen molar-refractivity contribution in [2.75, 3.05) is 11.9 Å². The van der Waals surface area contributed by atoms with Crippen LogP contribution in [0.25, 0.3) is 10.8 Å². The fraction of sp³-hybridized carbons (Fsp3) is 0.469. The summed E-state index contributed by atoms with van der Waals surface area (Å²) in [5.74, 6) is 1.49. The van der Waals surface area contributed by atoms with Crippen LogP contribution in [0.1, 0.15) is 63.5 Å². The van der Waals surface area contributed by atoms with Gasteiger partial charge in [0.25, 0.3) is 5.91 Å². The standard InChI is InChI=1S/C32H38N2O2/c1-22-8-11-25(12-9-22)34-29(35)18-36-28-13-10-24-6-4-5-7-26(24)27(28)17-33-32-16-23-14-30(2,20-32)19-31(3,15-23)21-32/h4-13,23,33H,14-21H2,1-3H3,(H,34,35). The highest BCUT2D eigenvalue weighted by Gasteiger charge is 2.59. The Morgan fingerprint density at radius 1 is 0.917 bits per heavy atom. The normalized spacial score (nSPS) is 30.5. The molecule has 2 atom stereocenters. The van der Waals surface area contributed by atoms with Crippen LogP contribution in [0.5, 0.6) is 5.75 Å².